The third-order valence-electron chi connectivity index (χ3n) is 5.77. The van der Waals surface area contributed by atoms with Crippen LogP contribution >= 0.6 is 15.9 Å². The minimum atomic E-state index is 0.941. The minimum absolute atomic E-state index is 0.941. The number of hydrogen-bond acceptors (Lipinski definition) is 2. The molecule has 3 heteroatoms. The molecule has 0 aliphatic heterocycles. The summed E-state index contributed by atoms with van der Waals surface area (Å²) in [6.07, 6.45) is 1.83. The highest BCUT2D eigenvalue weighted by Crippen LogP contribution is 2.36. The summed E-state index contributed by atoms with van der Waals surface area (Å²) in [5.41, 5.74) is 6.38. The summed E-state index contributed by atoms with van der Waals surface area (Å²) in [5, 5.41) is 4.62. The second kappa shape index (κ2) is 7.29. The summed E-state index contributed by atoms with van der Waals surface area (Å²) in [4.78, 5) is 9.67. The summed E-state index contributed by atoms with van der Waals surface area (Å²) in [7, 11) is 0. The number of nitrogens with zero attached hydrogens (tertiary/aromatic N) is 2. The molecule has 0 saturated heterocycles. The van der Waals surface area contributed by atoms with Crippen molar-refractivity contribution in [3.05, 3.63) is 108 Å². The van der Waals surface area contributed by atoms with Crippen molar-refractivity contribution in [2.24, 2.45) is 0 Å². The molecule has 0 amide bonds. The van der Waals surface area contributed by atoms with Crippen LogP contribution < -0.4 is 0 Å². The van der Waals surface area contributed by atoms with E-state index in [1.165, 1.54) is 21.9 Å². The molecule has 2 heterocycles. The van der Waals surface area contributed by atoms with Crippen molar-refractivity contribution in [2.45, 2.75) is 0 Å². The number of pyridine rings is 2. The van der Waals surface area contributed by atoms with Crippen LogP contribution in [-0.4, -0.2) is 9.97 Å². The largest absolute Gasteiger partial charge is 0.254 e. The minimum Gasteiger partial charge on any atom is -0.254 e. The Kier molecular flexibility index (Phi) is 4.29. The third-order valence-corrected chi connectivity index (χ3v) is 6.26. The van der Waals surface area contributed by atoms with Gasteiger partial charge in [-0.1, -0.05) is 88.7 Å². The molecule has 2 aromatic heterocycles. The predicted molar refractivity (Wildman–Crippen MR) is 133 cm³/mol. The molecule has 0 bridgehead atoms. The molecule has 0 N–H and O–H groups in total. The van der Waals surface area contributed by atoms with E-state index in [4.69, 9.17) is 4.98 Å². The van der Waals surface area contributed by atoms with Gasteiger partial charge in [0.1, 0.15) is 0 Å². The van der Waals surface area contributed by atoms with Crippen LogP contribution in [0.1, 0.15) is 0 Å². The first-order valence-electron chi connectivity index (χ1n) is 10.2. The van der Waals surface area contributed by atoms with E-state index in [2.05, 4.69) is 112 Å². The first-order chi connectivity index (χ1) is 15.3. The Morgan fingerprint density at radius 3 is 2.16 bits per heavy atom. The van der Waals surface area contributed by atoms with Gasteiger partial charge in [-0.3, -0.25) is 4.98 Å². The maximum absolute atomic E-state index is 5.07. The first-order valence-corrected chi connectivity index (χ1v) is 11.0. The van der Waals surface area contributed by atoms with Gasteiger partial charge < -0.3 is 0 Å². The molecule has 146 valence electrons. The zero-order chi connectivity index (χ0) is 20.8. The van der Waals surface area contributed by atoms with Gasteiger partial charge in [0.2, 0.25) is 0 Å². The van der Waals surface area contributed by atoms with E-state index < -0.39 is 0 Å². The topological polar surface area (TPSA) is 25.8 Å². The Balaban J connectivity index is 1.61. The van der Waals surface area contributed by atoms with Crippen molar-refractivity contribution in [2.75, 3.05) is 0 Å². The second-order valence-corrected chi connectivity index (χ2v) is 8.54. The van der Waals surface area contributed by atoms with E-state index >= 15 is 0 Å². The van der Waals surface area contributed by atoms with Gasteiger partial charge in [-0.15, -0.1) is 0 Å². The van der Waals surface area contributed by atoms with Crippen molar-refractivity contribution in [1.82, 2.24) is 9.97 Å². The van der Waals surface area contributed by atoms with Gasteiger partial charge in [0.25, 0.3) is 0 Å². The first kappa shape index (κ1) is 18.2. The number of benzene rings is 4. The Morgan fingerprint density at radius 2 is 1.32 bits per heavy atom. The summed E-state index contributed by atoms with van der Waals surface area (Å²) >= 11 is 3.60. The van der Waals surface area contributed by atoms with E-state index in [0.29, 0.717) is 0 Å². The van der Waals surface area contributed by atoms with Crippen LogP contribution in [0.2, 0.25) is 0 Å². The lowest BCUT2D eigenvalue weighted by Crippen LogP contribution is -1.91. The summed E-state index contributed by atoms with van der Waals surface area (Å²) in [5.74, 6) is 0. The van der Waals surface area contributed by atoms with Crippen LogP contribution in [0.3, 0.4) is 0 Å². The van der Waals surface area contributed by atoms with Gasteiger partial charge >= 0.3 is 0 Å². The number of hydrogen-bond donors (Lipinski definition) is 0. The molecule has 6 rings (SSSR count). The highest BCUT2D eigenvalue weighted by Gasteiger charge is 2.12. The van der Waals surface area contributed by atoms with Crippen molar-refractivity contribution in [3.63, 3.8) is 0 Å². The average Bonchev–Trinajstić information content (AvgIpc) is 2.83. The summed E-state index contributed by atoms with van der Waals surface area (Å²) in [6.45, 7) is 0. The van der Waals surface area contributed by atoms with E-state index in [0.717, 1.165) is 37.5 Å². The van der Waals surface area contributed by atoms with Crippen molar-refractivity contribution in [1.29, 1.82) is 0 Å². The van der Waals surface area contributed by atoms with Crippen LogP contribution in [0.4, 0.5) is 0 Å². The number of halogens is 1. The van der Waals surface area contributed by atoms with E-state index in [-0.39, 0.29) is 0 Å². The maximum atomic E-state index is 5.07. The molecule has 0 aliphatic carbocycles. The van der Waals surface area contributed by atoms with Crippen LogP contribution in [0.15, 0.2) is 108 Å². The third kappa shape index (κ3) is 3.09. The molecule has 0 fully saturated rings. The molecule has 6 aromatic rings. The maximum Gasteiger partial charge on any atom is 0.0972 e. The van der Waals surface area contributed by atoms with E-state index in [1.54, 1.807) is 0 Å². The molecular weight excluding hydrogens is 444 g/mol. The molecule has 0 spiro atoms. The Bertz CT molecular complexity index is 1600. The van der Waals surface area contributed by atoms with Gasteiger partial charge in [0, 0.05) is 27.0 Å². The standard InChI is InChI=1S/C28H17BrN2/c29-21-7-3-5-20(17-21)22-13-14-25(24-9-2-1-8-23(22)24)26-15-12-19-11-10-18-6-4-16-30-27(18)28(19)31-26/h1-17H. The Labute approximate surface area is 188 Å². The molecular formula is C28H17BrN2. The van der Waals surface area contributed by atoms with Gasteiger partial charge in [0.05, 0.1) is 16.7 Å². The lowest BCUT2D eigenvalue weighted by Gasteiger charge is -2.13. The smallest absolute Gasteiger partial charge is 0.0972 e. The van der Waals surface area contributed by atoms with E-state index in [1.807, 2.05) is 12.3 Å². The molecule has 0 saturated carbocycles. The van der Waals surface area contributed by atoms with Crippen LogP contribution in [0, 0.1) is 0 Å². The van der Waals surface area contributed by atoms with Gasteiger partial charge in [0.15, 0.2) is 0 Å². The van der Waals surface area contributed by atoms with Crippen LogP contribution in [0.25, 0.3) is 55.0 Å². The highest BCUT2D eigenvalue weighted by molar-refractivity contribution is 9.10. The Hall–Kier alpha value is -3.56. The Morgan fingerprint density at radius 1 is 0.581 bits per heavy atom. The average molecular weight is 461 g/mol. The molecule has 31 heavy (non-hydrogen) atoms. The molecule has 4 aromatic carbocycles. The molecule has 0 unspecified atom stereocenters. The van der Waals surface area contributed by atoms with Crippen molar-refractivity contribution >= 4 is 48.5 Å². The number of aromatic nitrogens is 2. The fraction of sp³-hybridized carbons (Fsp3) is 0. The zero-order valence-electron chi connectivity index (χ0n) is 16.6. The summed E-state index contributed by atoms with van der Waals surface area (Å²) in [6, 6.07) is 33.9. The normalized spacial score (nSPS) is 11.4. The van der Waals surface area contributed by atoms with Gasteiger partial charge in [-0.25, -0.2) is 4.98 Å². The van der Waals surface area contributed by atoms with Crippen LogP contribution in [0.5, 0.6) is 0 Å². The van der Waals surface area contributed by atoms with Crippen LogP contribution in [-0.2, 0) is 0 Å². The number of rotatable bonds is 2. The lowest BCUT2D eigenvalue weighted by molar-refractivity contribution is 1.37. The molecule has 0 aliphatic rings. The quantitative estimate of drug-likeness (QED) is 0.244. The molecule has 0 atom stereocenters. The lowest BCUT2D eigenvalue weighted by atomic mass is 9.93. The summed E-state index contributed by atoms with van der Waals surface area (Å²) < 4.78 is 1.08. The fourth-order valence-corrected chi connectivity index (χ4v) is 4.70. The molecule has 0 radical (unpaired) electrons. The van der Waals surface area contributed by atoms with Crippen molar-refractivity contribution in [3.8, 4) is 22.4 Å². The highest BCUT2D eigenvalue weighted by atomic mass is 79.9. The number of fused-ring (bicyclic) bond motifs is 4. The predicted octanol–water partition coefficient (Wildman–Crippen LogP) is 8.03. The second-order valence-electron chi connectivity index (χ2n) is 7.63. The monoisotopic (exact) mass is 460 g/mol. The van der Waals surface area contributed by atoms with E-state index in [9.17, 15) is 0 Å². The van der Waals surface area contributed by atoms with Crippen molar-refractivity contribution < 1.29 is 0 Å². The SMILES string of the molecule is Brc1cccc(-c2ccc(-c3ccc4ccc5cccnc5c4n3)c3ccccc23)c1. The van der Waals surface area contributed by atoms with Gasteiger partial charge in [-0.2, -0.15) is 0 Å². The fourth-order valence-electron chi connectivity index (χ4n) is 4.30. The molecule has 2 nitrogen and oxygen atoms in total. The zero-order valence-corrected chi connectivity index (χ0v) is 18.2. The van der Waals surface area contributed by atoms with Gasteiger partial charge in [-0.05, 0) is 46.2 Å².